The van der Waals surface area contributed by atoms with Crippen molar-refractivity contribution in [1.29, 1.82) is 0 Å². The number of hydrogen-bond donors (Lipinski definition) is 2. The largest absolute Gasteiger partial charge is 0.481 e. The minimum atomic E-state index is -0.770. The summed E-state index contributed by atoms with van der Waals surface area (Å²) in [5.74, 6) is -0.770. The second-order valence-corrected chi connectivity index (χ2v) is 6.03. The fraction of sp³-hybridized carbons (Fsp3) is 0.375. The molecule has 0 saturated heterocycles. The number of carbonyl (C=O) groups is 1. The van der Waals surface area contributed by atoms with E-state index in [1.807, 2.05) is 0 Å². The first-order valence-electron chi connectivity index (χ1n) is 7.01. The second kappa shape index (κ2) is 7.33. The van der Waals surface area contributed by atoms with Gasteiger partial charge in [-0.2, -0.15) is 0 Å². The number of aryl methyl sites for hydroxylation is 2. The summed E-state index contributed by atoms with van der Waals surface area (Å²) in [4.78, 5) is 15.1. The molecule has 0 aliphatic rings. The fourth-order valence-electron chi connectivity index (χ4n) is 2.17. The van der Waals surface area contributed by atoms with Crippen molar-refractivity contribution >= 4 is 17.3 Å². The van der Waals surface area contributed by atoms with Gasteiger partial charge in [0.2, 0.25) is 0 Å². The molecule has 2 N–H and O–H groups in total. The summed E-state index contributed by atoms with van der Waals surface area (Å²) >= 11 is 1.65. The van der Waals surface area contributed by atoms with Gasteiger partial charge in [-0.15, -0.1) is 11.3 Å². The molecule has 0 saturated carbocycles. The lowest BCUT2D eigenvalue weighted by Gasteiger charge is -2.03. The predicted molar refractivity (Wildman–Crippen MR) is 85.9 cm³/mol. The molecule has 2 aromatic rings. The number of aromatic nitrogens is 1. The minimum Gasteiger partial charge on any atom is -0.481 e. The number of nitrogens with one attached hydrogen (secondary N) is 1. The molecule has 4 nitrogen and oxygen atoms in total. The van der Waals surface area contributed by atoms with Gasteiger partial charge in [0.15, 0.2) is 0 Å². The molecule has 0 atom stereocenters. The molecule has 21 heavy (non-hydrogen) atoms. The van der Waals surface area contributed by atoms with Crippen LogP contribution in [0.5, 0.6) is 0 Å². The Hall–Kier alpha value is -1.72. The average Bonchev–Trinajstić information content (AvgIpc) is 2.86. The molecule has 2 rings (SSSR count). The van der Waals surface area contributed by atoms with Crippen LogP contribution in [0.3, 0.4) is 0 Å². The van der Waals surface area contributed by atoms with Gasteiger partial charge in [0, 0.05) is 30.5 Å². The van der Waals surface area contributed by atoms with Crippen LogP contribution in [0, 0.1) is 13.8 Å². The van der Waals surface area contributed by atoms with Crippen molar-refractivity contribution in [1.82, 2.24) is 10.3 Å². The first-order valence-corrected chi connectivity index (χ1v) is 7.89. The number of hydrogen-bond acceptors (Lipinski definition) is 4. The highest BCUT2D eigenvalue weighted by Gasteiger charge is 2.07. The van der Waals surface area contributed by atoms with Gasteiger partial charge in [0.25, 0.3) is 0 Å². The fourth-order valence-corrected chi connectivity index (χ4v) is 2.96. The monoisotopic (exact) mass is 304 g/mol. The molecule has 0 bridgehead atoms. The summed E-state index contributed by atoms with van der Waals surface area (Å²) in [6.45, 7) is 5.46. The van der Waals surface area contributed by atoms with Crippen LogP contribution in [0.15, 0.2) is 23.6 Å². The van der Waals surface area contributed by atoms with Crippen LogP contribution in [-0.4, -0.2) is 29.1 Å². The number of carboxylic acid groups (broad SMARTS) is 1. The van der Waals surface area contributed by atoms with Crippen molar-refractivity contribution in [2.45, 2.75) is 26.7 Å². The summed E-state index contributed by atoms with van der Waals surface area (Å²) in [6.07, 6.45) is 0.987. The average molecular weight is 304 g/mol. The molecule has 5 heteroatoms. The minimum absolute atomic E-state index is 0.158. The third kappa shape index (κ3) is 4.65. The summed E-state index contributed by atoms with van der Waals surface area (Å²) in [7, 11) is 0. The van der Waals surface area contributed by atoms with E-state index in [0.29, 0.717) is 6.54 Å². The molecule has 1 heterocycles. The molecule has 0 radical (unpaired) electrons. The van der Waals surface area contributed by atoms with E-state index < -0.39 is 5.97 Å². The smallest absolute Gasteiger partial charge is 0.304 e. The number of carboxylic acids is 1. The first kappa shape index (κ1) is 15.7. The first-order chi connectivity index (χ1) is 10.1. The van der Waals surface area contributed by atoms with Crippen LogP contribution in [0.25, 0.3) is 11.3 Å². The molecule has 0 unspecified atom stereocenters. The second-order valence-electron chi connectivity index (χ2n) is 5.09. The van der Waals surface area contributed by atoms with Gasteiger partial charge in [0.1, 0.15) is 0 Å². The zero-order valence-electron chi connectivity index (χ0n) is 12.3. The normalized spacial score (nSPS) is 10.8. The number of nitrogens with zero attached hydrogens (tertiary/aromatic N) is 1. The molecule has 0 spiro atoms. The standard InChI is InChI=1S/C16H20N2O2S/c1-11-3-4-13(12(2)9-11)14-10-21-15(18-14)5-7-17-8-6-16(19)20/h3-4,9-10,17H,5-8H2,1-2H3,(H,19,20). The van der Waals surface area contributed by atoms with Crippen LogP contribution in [0.2, 0.25) is 0 Å². The van der Waals surface area contributed by atoms with Gasteiger partial charge >= 0.3 is 5.97 Å². The van der Waals surface area contributed by atoms with E-state index in [0.717, 1.165) is 23.7 Å². The Bertz CT molecular complexity index is 622. The highest BCUT2D eigenvalue weighted by atomic mass is 32.1. The molecule has 1 aromatic heterocycles. The highest BCUT2D eigenvalue weighted by Crippen LogP contribution is 2.25. The number of thiazole rings is 1. The van der Waals surface area contributed by atoms with Gasteiger partial charge in [-0.25, -0.2) is 4.98 Å². The Kier molecular flexibility index (Phi) is 5.47. The van der Waals surface area contributed by atoms with Crippen LogP contribution < -0.4 is 5.32 Å². The molecular formula is C16H20N2O2S. The van der Waals surface area contributed by atoms with E-state index in [9.17, 15) is 4.79 Å². The lowest BCUT2D eigenvalue weighted by atomic mass is 10.0. The number of rotatable bonds is 7. The lowest BCUT2D eigenvalue weighted by molar-refractivity contribution is -0.136. The van der Waals surface area contributed by atoms with E-state index in [1.165, 1.54) is 16.7 Å². The third-order valence-corrected chi connectivity index (χ3v) is 4.15. The Morgan fingerprint density at radius 1 is 1.33 bits per heavy atom. The SMILES string of the molecule is Cc1ccc(-c2csc(CCNCCC(=O)O)n2)c(C)c1. The molecule has 0 aliphatic heterocycles. The van der Waals surface area contributed by atoms with E-state index >= 15 is 0 Å². The van der Waals surface area contributed by atoms with Crippen molar-refractivity contribution < 1.29 is 9.90 Å². The molecular weight excluding hydrogens is 284 g/mol. The lowest BCUT2D eigenvalue weighted by Crippen LogP contribution is -2.20. The Morgan fingerprint density at radius 2 is 2.14 bits per heavy atom. The topological polar surface area (TPSA) is 62.2 Å². The van der Waals surface area contributed by atoms with Crippen molar-refractivity contribution in [3.63, 3.8) is 0 Å². The van der Waals surface area contributed by atoms with Crippen molar-refractivity contribution in [3.05, 3.63) is 39.7 Å². The molecule has 112 valence electrons. The van der Waals surface area contributed by atoms with Crippen LogP contribution >= 0.6 is 11.3 Å². The molecule has 0 fully saturated rings. The van der Waals surface area contributed by atoms with Crippen molar-refractivity contribution in [2.75, 3.05) is 13.1 Å². The zero-order valence-corrected chi connectivity index (χ0v) is 13.2. The Balaban J connectivity index is 1.91. The van der Waals surface area contributed by atoms with Crippen molar-refractivity contribution in [2.24, 2.45) is 0 Å². The maximum Gasteiger partial charge on any atom is 0.304 e. The summed E-state index contributed by atoms with van der Waals surface area (Å²) in [6, 6.07) is 6.39. The summed E-state index contributed by atoms with van der Waals surface area (Å²) < 4.78 is 0. The molecule has 1 aromatic carbocycles. The third-order valence-electron chi connectivity index (χ3n) is 3.24. The van der Waals surface area contributed by atoms with Gasteiger partial charge in [-0.1, -0.05) is 23.8 Å². The van der Waals surface area contributed by atoms with Gasteiger partial charge in [-0.05, 0) is 19.4 Å². The zero-order chi connectivity index (χ0) is 15.2. The maximum absolute atomic E-state index is 10.4. The van der Waals surface area contributed by atoms with Crippen LogP contribution in [-0.2, 0) is 11.2 Å². The maximum atomic E-state index is 10.4. The molecule has 0 aliphatic carbocycles. The van der Waals surface area contributed by atoms with E-state index in [1.54, 1.807) is 11.3 Å². The van der Waals surface area contributed by atoms with E-state index in [4.69, 9.17) is 5.11 Å². The summed E-state index contributed by atoms with van der Waals surface area (Å²) in [5, 5.41) is 14.8. The Labute approximate surface area is 128 Å². The predicted octanol–water partition coefficient (Wildman–Crippen LogP) is 3.03. The van der Waals surface area contributed by atoms with Gasteiger partial charge in [0.05, 0.1) is 17.1 Å². The number of benzene rings is 1. The van der Waals surface area contributed by atoms with Crippen molar-refractivity contribution in [3.8, 4) is 11.3 Å². The highest BCUT2D eigenvalue weighted by molar-refractivity contribution is 7.09. The number of aliphatic carboxylic acids is 1. The molecule has 0 amide bonds. The summed E-state index contributed by atoms with van der Waals surface area (Å²) in [5.41, 5.74) is 4.71. The Morgan fingerprint density at radius 3 is 2.86 bits per heavy atom. The quantitative estimate of drug-likeness (QED) is 0.772. The van der Waals surface area contributed by atoms with E-state index in [2.05, 4.69) is 47.7 Å². The van der Waals surface area contributed by atoms with Gasteiger partial charge < -0.3 is 10.4 Å². The van der Waals surface area contributed by atoms with Crippen LogP contribution in [0.4, 0.5) is 0 Å². The van der Waals surface area contributed by atoms with Gasteiger partial charge in [-0.3, -0.25) is 4.79 Å². The van der Waals surface area contributed by atoms with Crippen LogP contribution in [0.1, 0.15) is 22.6 Å². The van der Waals surface area contributed by atoms with E-state index in [-0.39, 0.29) is 6.42 Å².